The number of thioether (sulfide) groups is 1. The van der Waals surface area contributed by atoms with E-state index in [1.54, 1.807) is 25.3 Å². The van der Waals surface area contributed by atoms with Crippen LogP contribution in [0, 0.1) is 6.92 Å². The van der Waals surface area contributed by atoms with Gasteiger partial charge in [0.05, 0.1) is 24.8 Å². The van der Waals surface area contributed by atoms with Crippen molar-refractivity contribution in [2.24, 2.45) is 0 Å². The number of aryl methyl sites for hydroxylation is 1. The normalized spacial score (nSPS) is 15.4. The van der Waals surface area contributed by atoms with Crippen LogP contribution in [-0.4, -0.2) is 35.6 Å². The molecule has 1 N–H and O–H groups in total. The lowest BCUT2D eigenvalue weighted by Crippen LogP contribution is -2.39. The fraction of sp³-hybridized carbons (Fsp3) is 0.318. The molecular formula is C22H24N2O5S. The van der Waals surface area contributed by atoms with Gasteiger partial charge >= 0.3 is 0 Å². The number of amides is 3. The Hall–Kier alpha value is -3.00. The Kier molecular flexibility index (Phi) is 6.66. The van der Waals surface area contributed by atoms with Crippen molar-refractivity contribution >= 4 is 34.9 Å². The Balaban J connectivity index is 1.74. The number of ether oxygens (including phenoxy) is 1. The number of furan rings is 1. The molecule has 2 heterocycles. The van der Waals surface area contributed by atoms with E-state index in [4.69, 9.17) is 9.15 Å². The van der Waals surface area contributed by atoms with E-state index in [1.807, 2.05) is 19.1 Å². The summed E-state index contributed by atoms with van der Waals surface area (Å²) in [6.45, 7) is 5.91. The molecular weight excluding hydrogens is 404 g/mol. The molecule has 1 aromatic carbocycles. The third-order valence-electron chi connectivity index (χ3n) is 4.74. The largest absolute Gasteiger partial charge is 0.496 e. The minimum atomic E-state index is -0.473. The predicted octanol–water partition coefficient (Wildman–Crippen LogP) is 4.07. The molecule has 3 amide bonds. The number of nitrogens with zero attached hydrogens (tertiary/aromatic N) is 1. The molecule has 0 spiro atoms. The highest BCUT2D eigenvalue weighted by molar-refractivity contribution is 8.18. The maximum Gasteiger partial charge on any atom is 0.294 e. The first-order chi connectivity index (χ1) is 14.3. The minimum absolute atomic E-state index is 0.195. The van der Waals surface area contributed by atoms with Gasteiger partial charge in [0.2, 0.25) is 5.91 Å². The molecule has 0 bridgehead atoms. The number of hydrogen-bond acceptors (Lipinski definition) is 6. The fourth-order valence-corrected chi connectivity index (χ4v) is 3.90. The Labute approximate surface area is 179 Å². The Bertz CT molecular complexity index is 995. The van der Waals surface area contributed by atoms with E-state index in [0.29, 0.717) is 10.7 Å². The second kappa shape index (κ2) is 9.21. The summed E-state index contributed by atoms with van der Waals surface area (Å²) in [6.07, 6.45) is 3.21. The van der Waals surface area contributed by atoms with E-state index in [-0.39, 0.29) is 19.0 Å². The van der Waals surface area contributed by atoms with Gasteiger partial charge < -0.3 is 14.5 Å². The standard InChI is InChI=1S/C22H24N2O5S/c1-13(2)17-9-15(14(3)8-18(17)28-4)10-19-21(26)24(22(27)30-19)12-20(25)23-11-16-6-5-7-29-16/h5-10,13H,11-12H2,1-4H3,(H,23,25)/b19-10-. The number of nitrogens with one attached hydrogen (secondary N) is 1. The Morgan fingerprint density at radius 2 is 2.10 bits per heavy atom. The summed E-state index contributed by atoms with van der Waals surface area (Å²) in [5.41, 5.74) is 2.79. The van der Waals surface area contributed by atoms with Crippen molar-refractivity contribution in [3.63, 3.8) is 0 Å². The molecule has 3 rings (SSSR count). The van der Waals surface area contributed by atoms with Gasteiger partial charge in [-0.25, -0.2) is 0 Å². The van der Waals surface area contributed by atoms with Crippen molar-refractivity contribution in [1.82, 2.24) is 10.2 Å². The van der Waals surface area contributed by atoms with Crippen molar-refractivity contribution < 1.29 is 23.5 Å². The summed E-state index contributed by atoms with van der Waals surface area (Å²) in [5.74, 6) is 0.715. The lowest BCUT2D eigenvalue weighted by atomic mass is 9.96. The molecule has 0 radical (unpaired) electrons. The SMILES string of the molecule is COc1cc(C)c(/C=C2\SC(=O)N(CC(=O)NCc3ccco3)C2=O)cc1C(C)C. The van der Waals surface area contributed by atoms with Gasteiger partial charge in [-0.15, -0.1) is 0 Å². The van der Waals surface area contributed by atoms with E-state index < -0.39 is 17.1 Å². The summed E-state index contributed by atoms with van der Waals surface area (Å²) >= 11 is 0.836. The maximum atomic E-state index is 12.7. The predicted molar refractivity (Wildman–Crippen MR) is 115 cm³/mol. The first kappa shape index (κ1) is 21.7. The van der Waals surface area contributed by atoms with Crippen LogP contribution in [-0.2, 0) is 16.1 Å². The topological polar surface area (TPSA) is 88.8 Å². The van der Waals surface area contributed by atoms with E-state index in [9.17, 15) is 14.4 Å². The molecule has 30 heavy (non-hydrogen) atoms. The molecule has 1 aromatic heterocycles. The van der Waals surface area contributed by atoms with Gasteiger partial charge in [-0.05, 0) is 71.6 Å². The molecule has 158 valence electrons. The van der Waals surface area contributed by atoms with Crippen molar-refractivity contribution in [1.29, 1.82) is 0 Å². The zero-order valence-corrected chi connectivity index (χ0v) is 18.2. The van der Waals surface area contributed by atoms with Gasteiger partial charge in [0.1, 0.15) is 18.1 Å². The quantitative estimate of drug-likeness (QED) is 0.669. The average molecular weight is 429 g/mol. The molecule has 0 saturated carbocycles. The van der Waals surface area contributed by atoms with E-state index in [1.165, 1.54) is 6.26 Å². The highest BCUT2D eigenvalue weighted by atomic mass is 32.2. The van der Waals surface area contributed by atoms with Crippen molar-refractivity contribution in [3.8, 4) is 5.75 Å². The number of carbonyl (C=O) groups excluding carboxylic acids is 3. The Morgan fingerprint density at radius 3 is 2.73 bits per heavy atom. The second-order valence-corrected chi connectivity index (χ2v) is 8.22. The average Bonchev–Trinajstić information content (AvgIpc) is 3.31. The molecule has 2 aromatic rings. The first-order valence-corrected chi connectivity index (χ1v) is 10.3. The Morgan fingerprint density at radius 1 is 1.33 bits per heavy atom. The molecule has 0 unspecified atom stereocenters. The van der Waals surface area contributed by atoms with Crippen LogP contribution in [0.4, 0.5) is 4.79 Å². The van der Waals surface area contributed by atoms with Crippen LogP contribution in [0.25, 0.3) is 6.08 Å². The van der Waals surface area contributed by atoms with Crippen molar-refractivity contribution in [3.05, 3.63) is 57.9 Å². The molecule has 1 saturated heterocycles. The summed E-state index contributed by atoms with van der Waals surface area (Å²) in [7, 11) is 1.63. The number of imide groups is 1. The number of carbonyl (C=O) groups is 3. The van der Waals surface area contributed by atoms with Crippen LogP contribution >= 0.6 is 11.8 Å². The molecule has 7 nitrogen and oxygen atoms in total. The first-order valence-electron chi connectivity index (χ1n) is 9.53. The van der Waals surface area contributed by atoms with Crippen LogP contribution in [0.5, 0.6) is 5.75 Å². The van der Waals surface area contributed by atoms with Crippen molar-refractivity contribution in [2.45, 2.75) is 33.2 Å². The zero-order chi connectivity index (χ0) is 21.8. The van der Waals surface area contributed by atoms with Gasteiger partial charge in [-0.1, -0.05) is 13.8 Å². The van der Waals surface area contributed by atoms with E-state index >= 15 is 0 Å². The number of rotatable bonds is 7. The number of methoxy groups -OCH3 is 1. The van der Waals surface area contributed by atoms with Crippen molar-refractivity contribution in [2.75, 3.05) is 13.7 Å². The maximum absolute atomic E-state index is 12.7. The summed E-state index contributed by atoms with van der Waals surface area (Å²) in [5, 5.41) is 2.17. The van der Waals surface area contributed by atoms with Crippen LogP contribution in [0.3, 0.4) is 0 Å². The smallest absolute Gasteiger partial charge is 0.294 e. The zero-order valence-electron chi connectivity index (χ0n) is 17.4. The van der Waals surface area contributed by atoms with Crippen LogP contribution in [0.2, 0.25) is 0 Å². The van der Waals surface area contributed by atoms with Gasteiger partial charge in [0, 0.05) is 0 Å². The van der Waals surface area contributed by atoms with E-state index in [2.05, 4.69) is 19.2 Å². The molecule has 0 aliphatic carbocycles. The second-order valence-electron chi connectivity index (χ2n) is 7.23. The van der Waals surface area contributed by atoms with E-state index in [0.717, 1.165) is 39.1 Å². The van der Waals surface area contributed by atoms with Gasteiger partial charge in [0.15, 0.2) is 0 Å². The summed E-state index contributed by atoms with van der Waals surface area (Å²) < 4.78 is 10.6. The molecule has 8 heteroatoms. The molecule has 1 aliphatic rings. The third-order valence-corrected chi connectivity index (χ3v) is 5.65. The lowest BCUT2D eigenvalue weighted by molar-refractivity contribution is -0.129. The van der Waals surface area contributed by atoms with Gasteiger partial charge in [0.25, 0.3) is 11.1 Å². The fourth-order valence-electron chi connectivity index (χ4n) is 3.08. The highest BCUT2D eigenvalue weighted by Crippen LogP contribution is 2.35. The number of benzene rings is 1. The van der Waals surface area contributed by atoms with Crippen LogP contribution in [0.15, 0.2) is 39.9 Å². The molecule has 1 aliphatic heterocycles. The van der Waals surface area contributed by atoms with Crippen LogP contribution in [0.1, 0.15) is 42.2 Å². The molecule has 1 fully saturated rings. The number of hydrogen-bond donors (Lipinski definition) is 1. The lowest BCUT2D eigenvalue weighted by Gasteiger charge is -2.15. The summed E-state index contributed by atoms with van der Waals surface area (Å²) in [4.78, 5) is 38.5. The highest BCUT2D eigenvalue weighted by Gasteiger charge is 2.36. The van der Waals surface area contributed by atoms with Gasteiger partial charge in [-0.3, -0.25) is 19.3 Å². The third kappa shape index (κ3) is 4.76. The van der Waals surface area contributed by atoms with Crippen LogP contribution < -0.4 is 10.1 Å². The summed E-state index contributed by atoms with van der Waals surface area (Å²) in [6, 6.07) is 7.34. The van der Waals surface area contributed by atoms with Gasteiger partial charge in [-0.2, -0.15) is 0 Å². The molecule has 0 atom stereocenters. The minimum Gasteiger partial charge on any atom is -0.496 e. The monoisotopic (exact) mass is 428 g/mol.